The van der Waals surface area contributed by atoms with Crippen LogP contribution in [-0.4, -0.2) is 88.6 Å². The minimum Gasteiger partial charge on any atom is -0.535 e. The second kappa shape index (κ2) is 11.4. The molecule has 2 aliphatic heterocycles. The summed E-state index contributed by atoms with van der Waals surface area (Å²) < 4.78 is 11.1. The van der Waals surface area contributed by atoms with Crippen molar-refractivity contribution in [3.63, 3.8) is 0 Å². The molecule has 0 aliphatic carbocycles. The molecule has 2 heterocycles. The van der Waals surface area contributed by atoms with Crippen LogP contribution in [0.5, 0.6) is 11.5 Å². The van der Waals surface area contributed by atoms with Crippen LogP contribution in [0.1, 0.15) is 15.9 Å². The van der Waals surface area contributed by atoms with Gasteiger partial charge in [-0.25, -0.2) is 4.79 Å². The Labute approximate surface area is 190 Å². The van der Waals surface area contributed by atoms with Gasteiger partial charge >= 0.3 is 25.0 Å². The van der Waals surface area contributed by atoms with E-state index in [-0.39, 0.29) is 54.5 Å². The number of carboxylic acids is 3. The Morgan fingerprint density at radius 1 is 1.23 bits per heavy atom. The number of carbonyl (C=O) groups is 3. The number of rotatable bonds is 9. The average molecular weight is 481 g/mol. The molecule has 1 aromatic rings. The van der Waals surface area contributed by atoms with Gasteiger partial charge in [0.2, 0.25) is 0 Å². The molecular formula is C17H23BCl2N2O9. The molecule has 5 N–H and O–H groups in total. The van der Waals surface area contributed by atoms with Crippen LogP contribution in [0.25, 0.3) is 0 Å². The van der Waals surface area contributed by atoms with Crippen molar-refractivity contribution in [1.29, 1.82) is 0 Å². The van der Waals surface area contributed by atoms with E-state index in [1.54, 1.807) is 17.0 Å². The van der Waals surface area contributed by atoms with Crippen molar-refractivity contribution in [2.75, 3.05) is 26.2 Å². The molecule has 1 atom stereocenters. The smallest absolute Gasteiger partial charge is 0.522 e. The summed E-state index contributed by atoms with van der Waals surface area (Å²) in [4.78, 5) is 35.3. The van der Waals surface area contributed by atoms with Gasteiger partial charge in [0.1, 0.15) is 29.2 Å². The maximum absolute atomic E-state index is 11.7. The fourth-order valence-electron chi connectivity index (χ4n) is 3.34. The van der Waals surface area contributed by atoms with Crippen LogP contribution in [0.2, 0.25) is 6.32 Å². The first-order valence-electron chi connectivity index (χ1n) is 9.05. The van der Waals surface area contributed by atoms with Gasteiger partial charge in [0.25, 0.3) is 0 Å². The molecule has 1 unspecified atom stereocenters. The molecule has 0 amide bonds. The van der Waals surface area contributed by atoms with Crippen molar-refractivity contribution in [2.24, 2.45) is 0 Å². The Morgan fingerprint density at radius 2 is 1.90 bits per heavy atom. The second-order valence-corrected chi connectivity index (χ2v) is 6.97. The quantitative estimate of drug-likeness (QED) is 0.298. The average Bonchev–Trinajstić information content (AvgIpc) is 2.61. The zero-order valence-electron chi connectivity index (χ0n) is 16.2. The lowest BCUT2D eigenvalue weighted by Gasteiger charge is -2.40. The number of benzene rings is 1. The van der Waals surface area contributed by atoms with Crippen LogP contribution in [0.3, 0.4) is 0 Å². The van der Waals surface area contributed by atoms with E-state index in [1.807, 2.05) is 0 Å². The van der Waals surface area contributed by atoms with Gasteiger partial charge in [-0.1, -0.05) is 6.07 Å². The molecule has 2 aliphatic rings. The zero-order valence-corrected chi connectivity index (χ0v) is 17.9. The van der Waals surface area contributed by atoms with E-state index >= 15 is 0 Å². The molecule has 0 spiro atoms. The summed E-state index contributed by atoms with van der Waals surface area (Å²) >= 11 is 0. The molecule has 0 radical (unpaired) electrons. The van der Waals surface area contributed by atoms with Crippen LogP contribution in [-0.2, 0) is 16.0 Å². The molecule has 31 heavy (non-hydrogen) atoms. The van der Waals surface area contributed by atoms with Crippen molar-refractivity contribution in [1.82, 2.24) is 10.2 Å². The molecule has 11 nitrogen and oxygen atoms in total. The van der Waals surface area contributed by atoms with Crippen molar-refractivity contribution < 1.29 is 44.1 Å². The lowest BCUT2D eigenvalue weighted by molar-refractivity contribution is -0.141. The van der Waals surface area contributed by atoms with E-state index in [0.717, 1.165) is 0 Å². The third kappa shape index (κ3) is 6.62. The number of aliphatic carboxylic acids is 2. The number of ether oxygens (including phenoxy) is 1. The first-order valence-corrected chi connectivity index (χ1v) is 9.05. The van der Waals surface area contributed by atoms with E-state index in [9.17, 15) is 29.6 Å². The van der Waals surface area contributed by atoms with E-state index in [0.29, 0.717) is 31.4 Å². The van der Waals surface area contributed by atoms with Crippen molar-refractivity contribution >= 4 is 49.8 Å². The van der Waals surface area contributed by atoms with Gasteiger partial charge in [0.05, 0.1) is 6.54 Å². The fourth-order valence-corrected chi connectivity index (χ4v) is 3.34. The van der Waals surface area contributed by atoms with Crippen molar-refractivity contribution in [3.8, 4) is 11.5 Å². The lowest BCUT2D eigenvalue weighted by atomic mass is 9.78. The standard InChI is InChI=1S/C17H21BN2O9.2ClH/c21-13(22)5-19-11(16(23)24)8-20-6-10(7-20)28-12-2-1-9-3-4-18(27)29-15(9)14(12)17(25)26;;/h1-2,10-11,19,27H,3-8H2,(H,21,22)(H,23,24)(H,25,26);2*1H. The Bertz CT molecular complexity index is 823. The van der Waals surface area contributed by atoms with Gasteiger partial charge in [-0.15, -0.1) is 24.8 Å². The largest absolute Gasteiger partial charge is 0.535 e. The molecule has 1 aromatic carbocycles. The predicted octanol–water partition coefficient (Wildman–Crippen LogP) is -0.166. The van der Waals surface area contributed by atoms with Gasteiger partial charge in [-0.2, -0.15) is 0 Å². The lowest BCUT2D eigenvalue weighted by Crippen LogP contribution is -2.59. The normalized spacial score (nSPS) is 16.5. The number of aromatic carboxylic acids is 1. The Morgan fingerprint density at radius 3 is 2.48 bits per heavy atom. The maximum Gasteiger partial charge on any atom is 0.522 e. The summed E-state index contributed by atoms with van der Waals surface area (Å²) in [5.74, 6) is -3.32. The second-order valence-electron chi connectivity index (χ2n) is 6.97. The topological polar surface area (TPSA) is 166 Å². The first-order chi connectivity index (χ1) is 13.7. The third-order valence-electron chi connectivity index (χ3n) is 4.79. The Balaban J connectivity index is 0.00000240. The van der Waals surface area contributed by atoms with E-state index in [4.69, 9.17) is 14.5 Å². The van der Waals surface area contributed by atoms with Crippen LogP contribution < -0.4 is 14.7 Å². The van der Waals surface area contributed by atoms with Gasteiger partial charge in [0, 0.05) is 19.6 Å². The number of nitrogens with zero attached hydrogens (tertiary/aromatic N) is 1. The monoisotopic (exact) mass is 480 g/mol. The number of hydrogen-bond donors (Lipinski definition) is 5. The summed E-state index contributed by atoms with van der Waals surface area (Å²) in [6.07, 6.45) is 0.521. The Kier molecular flexibility index (Phi) is 9.85. The van der Waals surface area contributed by atoms with Crippen LogP contribution in [0.15, 0.2) is 12.1 Å². The number of carboxylic acid groups (broad SMARTS) is 3. The predicted molar refractivity (Wildman–Crippen MR) is 113 cm³/mol. The number of likely N-dealkylation sites (tertiary alicyclic amines) is 1. The summed E-state index contributed by atoms with van der Waals surface area (Å²) in [5.41, 5.74) is 0.537. The van der Waals surface area contributed by atoms with E-state index < -0.39 is 37.6 Å². The van der Waals surface area contributed by atoms with Crippen molar-refractivity contribution in [2.45, 2.75) is 24.9 Å². The minimum absolute atomic E-state index is 0. The minimum atomic E-state index is -1.23. The highest BCUT2D eigenvalue weighted by molar-refractivity contribution is 6.44. The number of halogens is 2. The SMILES string of the molecule is Cl.Cl.O=C(O)CNC(CN1CC(Oc2ccc3c(c2C(=O)O)OB(O)CC3)C1)C(=O)O. The molecule has 3 rings (SSSR count). The molecule has 172 valence electrons. The maximum atomic E-state index is 11.7. The highest BCUT2D eigenvalue weighted by Crippen LogP contribution is 2.37. The van der Waals surface area contributed by atoms with Gasteiger partial charge in [-0.05, 0) is 24.4 Å². The van der Waals surface area contributed by atoms with Crippen LogP contribution in [0.4, 0.5) is 0 Å². The summed E-state index contributed by atoms with van der Waals surface area (Å²) in [6.45, 7) is 0.345. The molecule has 1 fully saturated rings. The van der Waals surface area contributed by atoms with Crippen LogP contribution >= 0.6 is 24.8 Å². The molecule has 0 bridgehead atoms. The molecule has 0 aromatic heterocycles. The van der Waals surface area contributed by atoms with Crippen LogP contribution in [0, 0.1) is 0 Å². The molecule has 1 saturated heterocycles. The first kappa shape index (κ1) is 26.8. The Hall–Kier alpha value is -2.25. The number of nitrogens with one attached hydrogen (secondary N) is 1. The molecule has 14 heteroatoms. The molecule has 0 saturated carbocycles. The summed E-state index contributed by atoms with van der Waals surface area (Å²) in [6, 6.07) is 2.22. The van der Waals surface area contributed by atoms with Gasteiger partial charge < -0.3 is 29.7 Å². The summed E-state index contributed by atoms with van der Waals surface area (Å²) in [7, 11) is -1.07. The molecular weight excluding hydrogens is 458 g/mol. The fraction of sp³-hybridized carbons (Fsp3) is 0.471. The van der Waals surface area contributed by atoms with E-state index in [1.165, 1.54) is 0 Å². The van der Waals surface area contributed by atoms with Crippen molar-refractivity contribution in [3.05, 3.63) is 23.3 Å². The third-order valence-corrected chi connectivity index (χ3v) is 4.79. The van der Waals surface area contributed by atoms with Gasteiger partial charge in [-0.3, -0.25) is 19.8 Å². The van der Waals surface area contributed by atoms with Gasteiger partial charge in [0.15, 0.2) is 0 Å². The number of fused-ring (bicyclic) bond motifs is 1. The number of aryl methyl sites for hydroxylation is 1. The van der Waals surface area contributed by atoms with E-state index in [2.05, 4.69) is 5.32 Å². The highest BCUT2D eigenvalue weighted by Gasteiger charge is 2.35. The highest BCUT2D eigenvalue weighted by atomic mass is 35.5. The summed E-state index contributed by atoms with van der Waals surface area (Å²) in [5, 5.41) is 39.5. The number of hydrogen-bond acceptors (Lipinski definition) is 8. The zero-order chi connectivity index (χ0) is 21.1.